The van der Waals surface area contributed by atoms with Crippen LogP contribution >= 0.6 is 15.9 Å². The first-order valence-corrected chi connectivity index (χ1v) is 4.53. The highest BCUT2D eigenvalue weighted by Crippen LogP contribution is 2.38. The standard InChI is InChI=1S/C8H7BrFNO4/c9-3-1-2(5(11)8(14)15)6(12)7(13)4(3)10/h1,5,12-13H,11H2,(H,14,15). The second-order valence-electron chi connectivity index (χ2n) is 2.77. The Kier molecular flexibility index (Phi) is 3.15. The molecule has 5 nitrogen and oxygen atoms in total. The predicted molar refractivity (Wildman–Crippen MR) is 52.0 cm³/mol. The van der Waals surface area contributed by atoms with Gasteiger partial charge >= 0.3 is 5.97 Å². The van der Waals surface area contributed by atoms with Crippen LogP contribution in [0.4, 0.5) is 4.39 Å². The van der Waals surface area contributed by atoms with Crippen LogP contribution in [-0.4, -0.2) is 21.3 Å². The molecule has 0 bridgehead atoms. The van der Waals surface area contributed by atoms with Crippen LogP contribution in [0.1, 0.15) is 11.6 Å². The molecule has 15 heavy (non-hydrogen) atoms. The maximum absolute atomic E-state index is 13.0. The summed E-state index contributed by atoms with van der Waals surface area (Å²) < 4.78 is 12.8. The molecular weight excluding hydrogens is 273 g/mol. The molecule has 0 aliphatic carbocycles. The molecule has 0 aliphatic heterocycles. The van der Waals surface area contributed by atoms with Gasteiger partial charge in [0.15, 0.2) is 17.3 Å². The SMILES string of the molecule is NC(C(=O)O)c1cc(Br)c(F)c(O)c1O. The first-order valence-electron chi connectivity index (χ1n) is 3.74. The van der Waals surface area contributed by atoms with E-state index in [1.54, 1.807) is 0 Å². The molecular formula is C8H7BrFNO4. The van der Waals surface area contributed by atoms with Crippen molar-refractivity contribution >= 4 is 21.9 Å². The summed E-state index contributed by atoms with van der Waals surface area (Å²) in [6.07, 6.45) is 0. The molecule has 7 heteroatoms. The van der Waals surface area contributed by atoms with Gasteiger partial charge in [0.2, 0.25) is 0 Å². The largest absolute Gasteiger partial charge is 0.504 e. The highest BCUT2D eigenvalue weighted by molar-refractivity contribution is 9.10. The van der Waals surface area contributed by atoms with E-state index in [0.717, 1.165) is 6.07 Å². The van der Waals surface area contributed by atoms with Crippen LogP contribution in [-0.2, 0) is 4.79 Å². The molecule has 1 unspecified atom stereocenters. The van der Waals surface area contributed by atoms with E-state index in [2.05, 4.69) is 15.9 Å². The van der Waals surface area contributed by atoms with Crippen molar-refractivity contribution in [2.24, 2.45) is 5.73 Å². The number of hydrogen-bond acceptors (Lipinski definition) is 4. The highest BCUT2D eigenvalue weighted by atomic mass is 79.9. The quantitative estimate of drug-likeness (QED) is 0.607. The van der Waals surface area contributed by atoms with E-state index in [1.165, 1.54) is 0 Å². The topological polar surface area (TPSA) is 104 Å². The third-order valence-corrected chi connectivity index (χ3v) is 2.38. The summed E-state index contributed by atoms with van der Waals surface area (Å²) >= 11 is 2.75. The maximum atomic E-state index is 13.0. The van der Waals surface area contributed by atoms with Crippen molar-refractivity contribution in [2.45, 2.75) is 6.04 Å². The van der Waals surface area contributed by atoms with Crippen LogP contribution in [0, 0.1) is 5.82 Å². The van der Waals surface area contributed by atoms with Crippen LogP contribution in [0.15, 0.2) is 10.5 Å². The Hall–Kier alpha value is -1.34. The van der Waals surface area contributed by atoms with Crippen LogP contribution in [0.2, 0.25) is 0 Å². The second-order valence-corrected chi connectivity index (χ2v) is 3.63. The van der Waals surface area contributed by atoms with E-state index in [9.17, 15) is 14.3 Å². The summed E-state index contributed by atoms with van der Waals surface area (Å²) in [5.74, 6) is -4.38. The Morgan fingerprint density at radius 1 is 1.47 bits per heavy atom. The van der Waals surface area contributed by atoms with E-state index in [-0.39, 0.29) is 10.0 Å². The predicted octanol–water partition coefficient (Wildman–Crippen LogP) is 1.08. The zero-order valence-electron chi connectivity index (χ0n) is 7.24. The van der Waals surface area contributed by atoms with Gasteiger partial charge in [-0.2, -0.15) is 0 Å². The Morgan fingerprint density at radius 2 is 2.00 bits per heavy atom. The number of aliphatic carboxylic acids is 1. The van der Waals surface area contributed by atoms with Crippen LogP contribution < -0.4 is 5.73 Å². The normalized spacial score (nSPS) is 12.5. The van der Waals surface area contributed by atoms with E-state index < -0.39 is 29.3 Å². The van der Waals surface area contributed by atoms with Gasteiger partial charge in [0.25, 0.3) is 0 Å². The molecule has 0 amide bonds. The minimum Gasteiger partial charge on any atom is -0.504 e. The van der Waals surface area contributed by atoms with Crippen LogP contribution in [0.3, 0.4) is 0 Å². The summed E-state index contributed by atoms with van der Waals surface area (Å²) in [4.78, 5) is 10.5. The molecule has 0 aromatic heterocycles. The molecule has 5 N–H and O–H groups in total. The molecule has 0 heterocycles. The van der Waals surface area contributed by atoms with Crippen molar-refractivity contribution in [3.63, 3.8) is 0 Å². The average Bonchev–Trinajstić information content (AvgIpc) is 2.19. The summed E-state index contributed by atoms with van der Waals surface area (Å²) in [6, 6.07) is -0.531. The lowest BCUT2D eigenvalue weighted by Crippen LogP contribution is -2.20. The van der Waals surface area contributed by atoms with Crippen LogP contribution in [0.25, 0.3) is 0 Å². The first-order chi connectivity index (χ1) is 6.86. The molecule has 0 spiro atoms. The van der Waals surface area contributed by atoms with Crippen LogP contribution in [0.5, 0.6) is 11.5 Å². The second kappa shape index (κ2) is 4.03. The van der Waals surface area contributed by atoms with Crippen molar-refractivity contribution in [2.75, 3.05) is 0 Å². The lowest BCUT2D eigenvalue weighted by Gasteiger charge is -2.11. The number of hydrogen-bond donors (Lipinski definition) is 4. The summed E-state index contributed by atoms with van der Waals surface area (Å²) in [5.41, 5.74) is 4.94. The lowest BCUT2D eigenvalue weighted by atomic mass is 10.1. The number of phenolic OH excluding ortho intramolecular Hbond substituents is 2. The maximum Gasteiger partial charge on any atom is 0.325 e. The number of benzene rings is 1. The Morgan fingerprint density at radius 3 is 2.47 bits per heavy atom. The molecule has 1 rings (SSSR count). The van der Waals surface area contributed by atoms with Gasteiger partial charge in [-0.3, -0.25) is 4.79 Å². The van der Waals surface area contributed by atoms with Gasteiger partial charge < -0.3 is 21.1 Å². The average molecular weight is 280 g/mol. The van der Waals surface area contributed by atoms with Crippen molar-refractivity contribution in [1.82, 2.24) is 0 Å². The molecule has 1 atom stereocenters. The fraction of sp³-hybridized carbons (Fsp3) is 0.125. The molecule has 82 valence electrons. The van der Waals surface area contributed by atoms with E-state index in [1.807, 2.05) is 0 Å². The van der Waals surface area contributed by atoms with Gasteiger partial charge in [-0.15, -0.1) is 0 Å². The highest BCUT2D eigenvalue weighted by Gasteiger charge is 2.24. The van der Waals surface area contributed by atoms with Crippen molar-refractivity contribution in [3.8, 4) is 11.5 Å². The van der Waals surface area contributed by atoms with E-state index in [0.29, 0.717) is 0 Å². The zero-order chi connectivity index (χ0) is 11.7. The summed E-state index contributed by atoms with van der Waals surface area (Å²) in [7, 11) is 0. The molecule has 0 aliphatic rings. The number of phenols is 2. The Labute approximate surface area is 92.1 Å². The minimum absolute atomic E-state index is 0.176. The van der Waals surface area contributed by atoms with Gasteiger partial charge in [0.1, 0.15) is 6.04 Å². The molecule has 0 radical (unpaired) electrons. The number of carboxylic acid groups (broad SMARTS) is 1. The lowest BCUT2D eigenvalue weighted by molar-refractivity contribution is -0.138. The third-order valence-electron chi connectivity index (χ3n) is 1.80. The number of nitrogens with two attached hydrogens (primary N) is 1. The van der Waals surface area contributed by atoms with Crippen molar-refractivity contribution in [1.29, 1.82) is 0 Å². The number of halogens is 2. The smallest absolute Gasteiger partial charge is 0.325 e. The summed E-state index contributed by atoms with van der Waals surface area (Å²) in [5, 5.41) is 26.9. The Bertz CT molecular complexity index is 424. The minimum atomic E-state index is -1.53. The third kappa shape index (κ3) is 2.02. The number of carbonyl (C=O) groups is 1. The van der Waals surface area contributed by atoms with Gasteiger partial charge in [0, 0.05) is 5.56 Å². The van der Waals surface area contributed by atoms with Gasteiger partial charge in [-0.25, -0.2) is 4.39 Å². The molecule has 0 saturated carbocycles. The van der Waals surface area contributed by atoms with E-state index >= 15 is 0 Å². The van der Waals surface area contributed by atoms with Crippen molar-refractivity contribution in [3.05, 3.63) is 21.9 Å². The molecule has 0 saturated heterocycles. The zero-order valence-corrected chi connectivity index (χ0v) is 8.82. The van der Waals surface area contributed by atoms with Crippen molar-refractivity contribution < 1.29 is 24.5 Å². The molecule has 1 aromatic carbocycles. The molecule has 0 fully saturated rings. The summed E-state index contributed by atoms with van der Waals surface area (Å²) in [6.45, 7) is 0. The fourth-order valence-electron chi connectivity index (χ4n) is 0.992. The molecule has 1 aromatic rings. The Balaban J connectivity index is 3.38. The first kappa shape index (κ1) is 11.7. The monoisotopic (exact) mass is 279 g/mol. The van der Waals surface area contributed by atoms with Gasteiger partial charge in [0.05, 0.1) is 4.47 Å². The van der Waals surface area contributed by atoms with Gasteiger partial charge in [-0.05, 0) is 22.0 Å². The van der Waals surface area contributed by atoms with E-state index in [4.69, 9.17) is 15.9 Å². The van der Waals surface area contributed by atoms with Gasteiger partial charge in [-0.1, -0.05) is 0 Å². The fourth-order valence-corrected chi connectivity index (χ4v) is 1.43. The number of carboxylic acids is 1. The number of aromatic hydroxyl groups is 2. The number of rotatable bonds is 2.